The van der Waals surface area contributed by atoms with E-state index in [0.29, 0.717) is 10.7 Å². The first-order valence-corrected chi connectivity index (χ1v) is 9.54. The van der Waals surface area contributed by atoms with E-state index in [2.05, 4.69) is 16.9 Å². The fourth-order valence-corrected chi connectivity index (χ4v) is 4.12. The molecule has 0 saturated heterocycles. The van der Waals surface area contributed by atoms with Gasteiger partial charge in [0.1, 0.15) is 4.90 Å². The average molecular weight is 410 g/mol. The highest BCUT2D eigenvalue weighted by Gasteiger charge is 2.33. The van der Waals surface area contributed by atoms with Crippen LogP contribution in [0.1, 0.15) is 0 Å². The summed E-state index contributed by atoms with van der Waals surface area (Å²) in [6.07, 6.45) is 0. The molecule has 26 heavy (non-hydrogen) atoms. The van der Waals surface area contributed by atoms with Gasteiger partial charge in [-0.3, -0.25) is 9.10 Å². The first kappa shape index (κ1) is 18.4. The number of halogens is 2. The molecule has 0 bridgehead atoms. The lowest BCUT2D eigenvalue weighted by Crippen LogP contribution is -2.39. The number of anilines is 1. The normalized spacial score (nSPS) is 15.0. The van der Waals surface area contributed by atoms with Crippen molar-refractivity contribution >= 4 is 56.3 Å². The summed E-state index contributed by atoms with van der Waals surface area (Å²) in [5.74, 6) is -0.694. The number of aliphatic imine (C=N–C) groups is 1. The van der Waals surface area contributed by atoms with E-state index < -0.39 is 15.9 Å². The molecular weight excluding hydrogens is 397 g/mol. The average Bonchev–Trinajstić information content (AvgIpc) is 2.60. The van der Waals surface area contributed by atoms with Crippen LogP contribution in [-0.4, -0.2) is 31.5 Å². The van der Waals surface area contributed by atoms with E-state index in [1.165, 1.54) is 25.2 Å². The Morgan fingerprint density at radius 1 is 1.19 bits per heavy atom. The number of likely N-dealkylation sites (N-methyl/N-ethyl adjacent to an activating group) is 1. The highest BCUT2D eigenvalue weighted by atomic mass is 35.5. The summed E-state index contributed by atoms with van der Waals surface area (Å²) >= 11 is 11.9. The van der Waals surface area contributed by atoms with E-state index in [-0.39, 0.29) is 27.0 Å². The number of carbonyl (C=O) groups is 1. The zero-order valence-corrected chi connectivity index (χ0v) is 15.9. The second-order valence-corrected chi connectivity index (χ2v) is 8.21. The van der Waals surface area contributed by atoms with E-state index >= 15 is 0 Å². The second-order valence-electron chi connectivity index (χ2n) is 5.43. The summed E-state index contributed by atoms with van der Waals surface area (Å²) in [5.41, 5.74) is 0.459. The number of fused-ring (bicyclic) bond motifs is 1. The predicted molar refractivity (Wildman–Crippen MR) is 103 cm³/mol. The number of benzene rings is 2. The Hall–Kier alpha value is -2.35. The molecule has 6 nitrogen and oxygen atoms in total. The standard InChI is InChI=1S/C17H13Cl2N3O3S/c1-10(17(23)21-13-8-7-11(18)9-12(13)19)16-20-14-5-3-4-6-15(14)26(24,25)22(16)2/h3-9H,1H2,2H3,(H,21,23). The van der Waals surface area contributed by atoms with Crippen LogP contribution in [0.25, 0.3) is 0 Å². The molecule has 3 rings (SSSR count). The zero-order valence-electron chi connectivity index (χ0n) is 13.5. The number of nitrogens with one attached hydrogen (secondary N) is 1. The Kier molecular flexibility index (Phi) is 4.79. The lowest BCUT2D eigenvalue weighted by atomic mass is 10.2. The largest absolute Gasteiger partial charge is 0.321 e. The van der Waals surface area contributed by atoms with Crippen LogP contribution in [-0.2, 0) is 14.8 Å². The van der Waals surface area contributed by atoms with Gasteiger partial charge < -0.3 is 5.32 Å². The van der Waals surface area contributed by atoms with Gasteiger partial charge in [-0.2, -0.15) is 0 Å². The summed E-state index contributed by atoms with van der Waals surface area (Å²) in [6, 6.07) is 10.9. The van der Waals surface area contributed by atoms with Gasteiger partial charge in [-0.15, -0.1) is 0 Å². The van der Waals surface area contributed by atoms with Crippen LogP contribution >= 0.6 is 23.2 Å². The molecule has 1 aliphatic heterocycles. The van der Waals surface area contributed by atoms with Crippen molar-refractivity contribution in [1.82, 2.24) is 4.31 Å². The highest BCUT2D eigenvalue weighted by Crippen LogP contribution is 2.33. The minimum atomic E-state index is -3.82. The van der Waals surface area contributed by atoms with Crippen molar-refractivity contribution in [3.05, 3.63) is 64.7 Å². The Bertz CT molecular complexity index is 1060. The van der Waals surface area contributed by atoms with E-state index in [4.69, 9.17) is 23.2 Å². The first-order chi connectivity index (χ1) is 12.2. The summed E-state index contributed by atoms with van der Waals surface area (Å²) in [5, 5.41) is 3.24. The van der Waals surface area contributed by atoms with Gasteiger partial charge >= 0.3 is 0 Å². The topological polar surface area (TPSA) is 78.8 Å². The fourth-order valence-electron chi connectivity index (χ4n) is 2.36. The van der Waals surface area contributed by atoms with Crippen LogP contribution < -0.4 is 5.32 Å². The number of hydrogen-bond donors (Lipinski definition) is 1. The highest BCUT2D eigenvalue weighted by molar-refractivity contribution is 7.90. The summed E-state index contributed by atoms with van der Waals surface area (Å²) in [7, 11) is -2.50. The van der Waals surface area contributed by atoms with E-state index in [1.54, 1.807) is 24.3 Å². The monoisotopic (exact) mass is 409 g/mol. The maximum Gasteiger partial charge on any atom is 0.267 e. The number of sulfonamides is 1. The van der Waals surface area contributed by atoms with Crippen molar-refractivity contribution in [2.75, 3.05) is 12.4 Å². The third-order valence-corrected chi connectivity index (χ3v) is 6.09. The SMILES string of the molecule is C=C(C(=O)Nc1ccc(Cl)cc1Cl)C1=Nc2ccccc2S(=O)(=O)N1C. The van der Waals surface area contributed by atoms with Crippen LogP contribution in [0.4, 0.5) is 11.4 Å². The van der Waals surface area contributed by atoms with Crippen molar-refractivity contribution in [1.29, 1.82) is 0 Å². The molecule has 0 spiro atoms. The van der Waals surface area contributed by atoms with Crippen LogP contribution in [0.3, 0.4) is 0 Å². The van der Waals surface area contributed by atoms with Gasteiger partial charge in [0.05, 0.1) is 22.0 Å². The molecule has 2 aromatic carbocycles. The number of rotatable bonds is 3. The van der Waals surface area contributed by atoms with Crippen molar-refractivity contribution in [3.8, 4) is 0 Å². The fraction of sp³-hybridized carbons (Fsp3) is 0.0588. The molecule has 0 aromatic heterocycles. The Labute approximate surface area is 160 Å². The molecule has 0 saturated carbocycles. The molecule has 134 valence electrons. The molecule has 0 atom stereocenters. The molecule has 1 N–H and O–H groups in total. The number of amides is 1. The quantitative estimate of drug-likeness (QED) is 0.781. The van der Waals surface area contributed by atoms with E-state index in [1.807, 2.05) is 0 Å². The van der Waals surface area contributed by atoms with Gasteiger partial charge in [0.2, 0.25) is 0 Å². The van der Waals surface area contributed by atoms with Gasteiger partial charge in [-0.25, -0.2) is 13.4 Å². The van der Waals surface area contributed by atoms with E-state index in [9.17, 15) is 13.2 Å². The Balaban J connectivity index is 1.94. The molecule has 0 radical (unpaired) electrons. The molecule has 1 amide bonds. The van der Waals surface area contributed by atoms with Crippen LogP contribution in [0, 0.1) is 0 Å². The smallest absolute Gasteiger partial charge is 0.267 e. The van der Waals surface area contributed by atoms with Gasteiger partial charge in [0.15, 0.2) is 5.84 Å². The van der Waals surface area contributed by atoms with Crippen molar-refractivity contribution in [3.63, 3.8) is 0 Å². The summed E-state index contributed by atoms with van der Waals surface area (Å²) in [6.45, 7) is 3.69. The van der Waals surface area contributed by atoms with Gasteiger partial charge in [-0.05, 0) is 30.3 Å². The van der Waals surface area contributed by atoms with Crippen molar-refractivity contribution < 1.29 is 13.2 Å². The van der Waals surface area contributed by atoms with Crippen LogP contribution in [0.5, 0.6) is 0 Å². The molecule has 9 heteroatoms. The lowest BCUT2D eigenvalue weighted by molar-refractivity contribution is -0.112. The number of para-hydroxylation sites is 1. The minimum absolute atomic E-state index is 0.0636. The van der Waals surface area contributed by atoms with Crippen LogP contribution in [0.15, 0.2) is 64.5 Å². The third kappa shape index (κ3) is 3.21. The molecule has 0 aliphatic carbocycles. The van der Waals surface area contributed by atoms with E-state index in [0.717, 1.165) is 4.31 Å². The Morgan fingerprint density at radius 2 is 1.88 bits per heavy atom. The predicted octanol–water partition coefficient (Wildman–Crippen LogP) is 3.85. The van der Waals surface area contributed by atoms with Crippen molar-refractivity contribution in [2.45, 2.75) is 4.90 Å². The molecule has 0 fully saturated rings. The minimum Gasteiger partial charge on any atom is -0.321 e. The van der Waals surface area contributed by atoms with Crippen molar-refractivity contribution in [2.24, 2.45) is 4.99 Å². The van der Waals surface area contributed by atoms with Gasteiger partial charge in [0.25, 0.3) is 15.9 Å². The molecular formula is C17H13Cl2N3O3S. The third-order valence-electron chi connectivity index (χ3n) is 3.75. The number of carbonyl (C=O) groups excluding carboxylic acids is 1. The Morgan fingerprint density at radius 3 is 2.58 bits per heavy atom. The zero-order chi connectivity index (χ0) is 19.1. The maximum atomic E-state index is 12.6. The molecule has 1 heterocycles. The molecule has 0 unspecified atom stereocenters. The number of amidine groups is 1. The number of nitrogens with zero attached hydrogens (tertiary/aromatic N) is 2. The van der Waals surface area contributed by atoms with Crippen LogP contribution in [0.2, 0.25) is 10.0 Å². The first-order valence-electron chi connectivity index (χ1n) is 7.34. The van der Waals surface area contributed by atoms with Gasteiger partial charge in [0, 0.05) is 12.1 Å². The summed E-state index contributed by atoms with van der Waals surface area (Å²) < 4.78 is 26.2. The molecule has 2 aromatic rings. The second kappa shape index (κ2) is 6.75. The number of hydrogen-bond acceptors (Lipinski definition) is 4. The van der Waals surface area contributed by atoms with Gasteiger partial charge in [-0.1, -0.05) is 41.9 Å². The lowest BCUT2D eigenvalue weighted by Gasteiger charge is -2.27. The molecule has 1 aliphatic rings. The maximum absolute atomic E-state index is 12.6. The summed E-state index contributed by atoms with van der Waals surface area (Å²) in [4.78, 5) is 16.9.